The maximum atomic E-state index is 13.2. The molecule has 1 aliphatic rings. The van der Waals surface area contributed by atoms with Gasteiger partial charge in [0.2, 0.25) is 5.95 Å². The Kier molecular flexibility index (Phi) is 3.71. The van der Waals surface area contributed by atoms with Crippen LogP contribution in [0.3, 0.4) is 0 Å². The number of aromatic amines is 1. The minimum atomic E-state index is -0.288. The quantitative estimate of drug-likeness (QED) is 0.880. The SMILES string of the molecule is C[C@H]1CN(c2n[nH]c(-c3ccc(F)c(Br)c3)n2)CCN1. The molecule has 106 valence electrons. The number of anilines is 1. The summed E-state index contributed by atoms with van der Waals surface area (Å²) in [6.07, 6.45) is 0. The second-order valence-electron chi connectivity index (χ2n) is 4.91. The largest absolute Gasteiger partial charge is 0.337 e. The van der Waals surface area contributed by atoms with E-state index >= 15 is 0 Å². The molecule has 2 heterocycles. The van der Waals surface area contributed by atoms with E-state index in [9.17, 15) is 4.39 Å². The number of hydrogen-bond donors (Lipinski definition) is 2. The highest BCUT2D eigenvalue weighted by atomic mass is 79.9. The van der Waals surface area contributed by atoms with Gasteiger partial charge in [-0.15, -0.1) is 5.10 Å². The monoisotopic (exact) mass is 339 g/mol. The summed E-state index contributed by atoms with van der Waals surface area (Å²) in [5.41, 5.74) is 0.806. The van der Waals surface area contributed by atoms with E-state index in [2.05, 4.69) is 48.3 Å². The average molecular weight is 340 g/mol. The Balaban J connectivity index is 1.84. The Bertz CT molecular complexity index is 615. The first-order valence-corrected chi connectivity index (χ1v) is 7.29. The molecule has 1 fully saturated rings. The molecule has 0 amide bonds. The summed E-state index contributed by atoms with van der Waals surface area (Å²) in [7, 11) is 0. The number of nitrogens with one attached hydrogen (secondary N) is 2. The highest BCUT2D eigenvalue weighted by Gasteiger charge is 2.19. The molecule has 1 aromatic carbocycles. The van der Waals surface area contributed by atoms with Gasteiger partial charge in [-0.1, -0.05) is 0 Å². The Labute approximate surface area is 124 Å². The zero-order valence-corrected chi connectivity index (χ0v) is 12.6. The van der Waals surface area contributed by atoms with Crippen molar-refractivity contribution in [2.75, 3.05) is 24.5 Å². The summed E-state index contributed by atoms with van der Waals surface area (Å²) in [5, 5.41) is 10.5. The van der Waals surface area contributed by atoms with Gasteiger partial charge in [0, 0.05) is 31.2 Å². The lowest BCUT2D eigenvalue weighted by molar-refractivity contribution is 0.480. The summed E-state index contributed by atoms with van der Waals surface area (Å²) < 4.78 is 13.7. The molecule has 1 aliphatic heterocycles. The van der Waals surface area contributed by atoms with Gasteiger partial charge in [-0.2, -0.15) is 4.98 Å². The minimum Gasteiger partial charge on any atom is -0.337 e. The first kappa shape index (κ1) is 13.5. The van der Waals surface area contributed by atoms with Gasteiger partial charge < -0.3 is 10.2 Å². The zero-order valence-electron chi connectivity index (χ0n) is 11.0. The predicted octanol–water partition coefficient (Wildman–Crippen LogP) is 2.17. The lowest BCUT2D eigenvalue weighted by Gasteiger charge is -2.30. The standard InChI is InChI=1S/C13H15BrFN5/c1-8-7-20(5-4-16-8)13-17-12(18-19-13)9-2-3-11(15)10(14)6-9/h2-3,6,8,16H,4-5,7H2,1H3,(H,17,18,19)/t8-/m0/s1. The first-order valence-electron chi connectivity index (χ1n) is 6.49. The molecule has 0 aliphatic carbocycles. The molecule has 5 nitrogen and oxygen atoms in total. The molecule has 0 radical (unpaired) electrons. The van der Waals surface area contributed by atoms with Crippen LogP contribution in [0, 0.1) is 5.82 Å². The third-order valence-electron chi connectivity index (χ3n) is 3.32. The van der Waals surface area contributed by atoms with Gasteiger partial charge in [-0.05, 0) is 41.1 Å². The molecule has 20 heavy (non-hydrogen) atoms. The number of halogens is 2. The van der Waals surface area contributed by atoms with E-state index in [0.717, 1.165) is 25.2 Å². The summed E-state index contributed by atoms with van der Waals surface area (Å²) >= 11 is 3.18. The number of H-pyrrole nitrogens is 1. The topological polar surface area (TPSA) is 56.8 Å². The first-order chi connectivity index (χ1) is 9.63. The lowest BCUT2D eigenvalue weighted by atomic mass is 10.2. The van der Waals surface area contributed by atoms with Crippen LogP contribution >= 0.6 is 15.9 Å². The maximum Gasteiger partial charge on any atom is 0.245 e. The summed E-state index contributed by atoms with van der Waals surface area (Å²) in [6, 6.07) is 5.21. The molecule has 2 aromatic rings. The normalized spacial score (nSPS) is 19.4. The molecule has 2 N–H and O–H groups in total. The molecule has 0 spiro atoms. The number of rotatable bonds is 2. The van der Waals surface area contributed by atoms with Crippen molar-refractivity contribution in [3.8, 4) is 11.4 Å². The van der Waals surface area contributed by atoms with Crippen LogP contribution in [0.1, 0.15) is 6.92 Å². The van der Waals surface area contributed by atoms with Crippen LogP contribution in [0.15, 0.2) is 22.7 Å². The van der Waals surface area contributed by atoms with Crippen LogP contribution < -0.4 is 10.2 Å². The van der Waals surface area contributed by atoms with Gasteiger partial charge >= 0.3 is 0 Å². The zero-order chi connectivity index (χ0) is 14.1. The molecule has 0 saturated carbocycles. The van der Waals surface area contributed by atoms with Crippen LogP contribution in [0.25, 0.3) is 11.4 Å². The lowest BCUT2D eigenvalue weighted by Crippen LogP contribution is -2.49. The number of nitrogens with zero attached hydrogens (tertiary/aromatic N) is 3. The second-order valence-corrected chi connectivity index (χ2v) is 5.77. The van der Waals surface area contributed by atoms with Crippen LogP contribution in [-0.4, -0.2) is 40.9 Å². The van der Waals surface area contributed by atoms with Gasteiger partial charge in [0.15, 0.2) is 5.82 Å². The van der Waals surface area contributed by atoms with Gasteiger partial charge in [0.1, 0.15) is 5.82 Å². The van der Waals surface area contributed by atoms with Gasteiger partial charge in [0.05, 0.1) is 4.47 Å². The van der Waals surface area contributed by atoms with Crippen molar-refractivity contribution >= 4 is 21.9 Å². The molecular formula is C13H15BrFN5. The highest BCUT2D eigenvalue weighted by Crippen LogP contribution is 2.24. The fraction of sp³-hybridized carbons (Fsp3) is 0.385. The van der Waals surface area contributed by atoms with Gasteiger partial charge in [0.25, 0.3) is 0 Å². The van der Waals surface area contributed by atoms with Gasteiger partial charge in [-0.3, -0.25) is 5.10 Å². The third kappa shape index (κ3) is 2.69. The highest BCUT2D eigenvalue weighted by molar-refractivity contribution is 9.10. The molecule has 3 rings (SSSR count). The molecule has 1 saturated heterocycles. The molecular weight excluding hydrogens is 325 g/mol. The van der Waals surface area contributed by atoms with Crippen LogP contribution in [-0.2, 0) is 0 Å². The van der Waals surface area contributed by atoms with E-state index in [-0.39, 0.29) is 5.82 Å². The predicted molar refractivity (Wildman–Crippen MR) is 79.2 cm³/mol. The van der Waals surface area contributed by atoms with Crippen LogP contribution in [0.2, 0.25) is 0 Å². The molecule has 7 heteroatoms. The Morgan fingerprint density at radius 2 is 2.30 bits per heavy atom. The Morgan fingerprint density at radius 1 is 1.45 bits per heavy atom. The average Bonchev–Trinajstić information content (AvgIpc) is 2.92. The molecule has 1 aromatic heterocycles. The maximum absolute atomic E-state index is 13.2. The van der Waals surface area contributed by atoms with Crippen molar-refractivity contribution in [2.45, 2.75) is 13.0 Å². The summed E-state index contributed by atoms with van der Waals surface area (Å²) in [4.78, 5) is 6.64. The van der Waals surface area contributed by atoms with E-state index in [0.29, 0.717) is 22.3 Å². The van der Waals surface area contributed by atoms with Crippen molar-refractivity contribution < 1.29 is 4.39 Å². The van der Waals surface area contributed by atoms with Crippen LogP contribution in [0.4, 0.5) is 10.3 Å². The van der Waals surface area contributed by atoms with Crippen molar-refractivity contribution in [1.29, 1.82) is 0 Å². The number of aromatic nitrogens is 3. The molecule has 1 atom stereocenters. The minimum absolute atomic E-state index is 0.288. The number of benzene rings is 1. The van der Waals surface area contributed by atoms with Crippen molar-refractivity contribution in [3.63, 3.8) is 0 Å². The van der Waals surface area contributed by atoms with Crippen molar-refractivity contribution in [2.24, 2.45) is 0 Å². The summed E-state index contributed by atoms with van der Waals surface area (Å²) in [5.74, 6) is 1.05. The number of hydrogen-bond acceptors (Lipinski definition) is 4. The van der Waals surface area contributed by atoms with E-state index in [1.54, 1.807) is 12.1 Å². The smallest absolute Gasteiger partial charge is 0.245 e. The summed E-state index contributed by atoms with van der Waals surface area (Å²) in [6.45, 7) is 4.82. The Hall–Kier alpha value is -1.47. The van der Waals surface area contributed by atoms with E-state index in [1.165, 1.54) is 6.07 Å². The molecule has 0 bridgehead atoms. The second kappa shape index (κ2) is 5.49. The van der Waals surface area contributed by atoms with Crippen LogP contribution in [0.5, 0.6) is 0 Å². The van der Waals surface area contributed by atoms with Gasteiger partial charge in [-0.25, -0.2) is 4.39 Å². The number of piperazine rings is 1. The third-order valence-corrected chi connectivity index (χ3v) is 3.93. The van der Waals surface area contributed by atoms with Crippen molar-refractivity contribution in [3.05, 3.63) is 28.5 Å². The van der Waals surface area contributed by atoms with E-state index in [4.69, 9.17) is 0 Å². The Morgan fingerprint density at radius 3 is 3.05 bits per heavy atom. The fourth-order valence-electron chi connectivity index (χ4n) is 2.28. The molecule has 0 unspecified atom stereocenters. The van der Waals surface area contributed by atoms with E-state index < -0.39 is 0 Å². The van der Waals surface area contributed by atoms with E-state index in [1.807, 2.05) is 0 Å². The fourth-order valence-corrected chi connectivity index (χ4v) is 2.66. The van der Waals surface area contributed by atoms with Crippen molar-refractivity contribution in [1.82, 2.24) is 20.5 Å².